The fourth-order valence-electron chi connectivity index (χ4n) is 1.63. The molecule has 0 fully saturated rings. The maximum absolute atomic E-state index is 11.1. The van der Waals surface area contributed by atoms with Crippen LogP contribution in [0.3, 0.4) is 0 Å². The minimum Gasteiger partial charge on any atom is -0.469 e. The molecule has 0 aliphatic carbocycles. The Hall–Kier alpha value is -1.35. The SMILES string of the molecule is CC[C@@H](OC)c1ccc(CC(=O)OC)cc1. The molecule has 0 aliphatic heterocycles. The van der Waals surface area contributed by atoms with Crippen molar-refractivity contribution in [2.45, 2.75) is 25.9 Å². The van der Waals surface area contributed by atoms with Crippen molar-refractivity contribution in [3.05, 3.63) is 35.4 Å². The number of hydrogen-bond donors (Lipinski definition) is 0. The Bertz CT molecular complexity index is 326. The number of rotatable bonds is 5. The Labute approximate surface area is 96.4 Å². The van der Waals surface area contributed by atoms with E-state index in [1.807, 2.05) is 24.3 Å². The lowest BCUT2D eigenvalue weighted by molar-refractivity contribution is -0.139. The molecule has 0 aromatic heterocycles. The summed E-state index contributed by atoms with van der Waals surface area (Å²) in [6, 6.07) is 7.87. The van der Waals surface area contributed by atoms with E-state index in [-0.39, 0.29) is 12.1 Å². The highest BCUT2D eigenvalue weighted by atomic mass is 16.5. The van der Waals surface area contributed by atoms with Crippen molar-refractivity contribution >= 4 is 5.97 Å². The van der Waals surface area contributed by atoms with Crippen LogP contribution in [0.2, 0.25) is 0 Å². The van der Waals surface area contributed by atoms with E-state index in [0.717, 1.165) is 17.5 Å². The van der Waals surface area contributed by atoms with Crippen molar-refractivity contribution in [1.29, 1.82) is 0 Å². The first-order valence-corrected chi connectivity index (χ1v) is 5.39. The maximum atomic E-state index is 11.1. The van der Waals surface area contributed by atoms with Gasteiger partial charge in [-0.05, 0) is 17.5 Å². The lowest BCUT2D eigenvalue weighted by Crippen LogP contribution is -2.05. The van der Waals surface area contributed by atoms with Crippen molar-refractivity contribution in [1.82, 2.24) is 0 Å². The standard InChI is InChI=1S/C13H18O3/c1-4-12(15-2)11-7-5-10(6-8-11)9-13(14)16-3/h5-8,12H,4,9H2,1-3H3/t12-/m1/s1. The van der Waals surface area contributed by atoms with Gasteiger partial charge in [0.1, 0.15) is 0 Å². The number of ether oxygens (including phenoxy) is 2. The van der Waals surface area contributed by atoms with Crippen molar-refractivity contribution in [3.8, 4) is 0 Å². The van der Waals surface area contributed by atoms with Crippen LogP contribution in [0, 0.1) is 0 Å². The molecular weight excluding hydrogens is 204 g/mol. The van der Waals surface area contributed by atoms with Crippen molar-refractivity contribution in [2.75, 3.05) is 14.2 Å². The average Bonchev–Trinajstić information content (AvgIpc) is 2.32. The molecule has 0 amide bonds. The third kappa shape index (κ3) is 3.35. The summed E-state index contributed by atoms with van der Waals surface area (Å²) in [5.74, 6) is -0.216. The van der Waals surface area contributed by atoms with E-state index in [0.29, 0.717) is 6.42 Å². The van der Waals surface area contributed by atoms with Crippen LogP contribution in [0.4, 0.5) is 0 Å². The largest absolute Gasteiger partial charge is 0.469 e. The van der Waals surface area contributed by atoms with E-state index >= 15 is 0 Å². The summed E-state index contributed by atoms with van der Waals surface area (Å²) in [5, 5.41) is 0. The summed E-state index contributed by atoms with van der Waals surface area (Å²) < 4.78 is 9.95. The Morgan fingerprint density at radius 2 is 1.88 bits per heavy atom. The van der Waals surface area contributed by atoms with Gasteiger partial charge in [0.25, 0.3) is 0 Å². The smallest absolute Gasteiger partial charge is 0.309 e. The second-order valence-electron chi connectivity index (χ2n) is 3.63. The van der Waals surface area contributed by atoms with Gasteiger partial charge in [0, 0.05) is 7.11 Å². The molecule has 1 aromatic carbocycles. The van der Waals surface area contributed by atoms with Gasteiger partial charge in [0.05, 0.1) is 19.6 Å². The van der Waals surface area contributed by atoms with E-state index in [4.69, 9.17) is 4.74 Å². The monoisotopic (exact) mass is 222 g/mol. The molecule has 0 radical (unpaired) electrons. The Morgan fingerprint density at radius 1 is 1.25 bits per heavy atom. The Balaban J connectivity index is 2.70. The molecule has 1 rings (SSSR count). The van der Waals surface area contributed by atoms with Crippen molar-refractivity contribution in [2.24, 2.45) is 0 Å². The fourth-order valence-corrected chi connectivity index (χ4v) is 1.63. The predicted octanol–water partition coefficient (Wildman–Crippen LogP) is 2.50. The number of carbonyl (C=O) groups is 1. The van der Waals surface area contributed by atoms with Crippen LogP contribution < -0.4 is 0 Å². The molecular formula is C13H18O3. The molecule has 88 valence electrons. The third-order valence-electron chi connectivity index (χ3n) is 2.58. The summed E-state index contributed by atoms with van der Waals surface area (Å²) >= 11 is 0. The van der Waals surface area contributed by atoms with Gasteiger partial charge in [0.2, 0.25) is 0 Å². The molecule has 0 bridgehead atoms. The molecule has 0 saturated heterocycles. The lowest BCUT2D eigenvalue weighted by atomic mass is 10.0. The van der Waals surface area contributed by atoms with Gasteiger partial charge in [-0.15, -0.1) is 0 Å². The third-order valence-corrected chi connectivity index (χ3v) is 2.58. The van der Waals surface area contributed by atoms with E-state index in [2.05, 4.69) is 11.7 Å². The molecule has 0 aliphatic rings. The zero-order chi connectivity index (χ0) is 12.0. The van der Waals surface area contributed by atoms with Crippen LogP contribution in [-0.2, 0) is 20.7 Å². The Kier molecular flexibility index (Phi) is 4.99. The van der Waals surface area contributed by atoms with E-state index in [1.54, 1.807) is 7.11 Å². The number of esters is 1. The normalized spacial score (nSPS) is 12.2. The highest BCUT2D eigenvalue weighted by molar-refractivity contribution is 5.72. The quantitative estimate of drug-likeness (QED) is 0.718. The summed E-state index contributed by atoms with van der Waals surface area (Å²) in [4.78, 5) is 11.1. The minimum atomic E-state index is -0.216. The van der Waals surface area contributed by atoms with Crippen LogP contribution in [-0.4, -0.2) is 20.2 Å². The minimum absolute atomic E-state index is 0.132. The van der Waals surface area contributed by atoms with E-state index < -0.39 is 0 Å². The number of carbonyl (C=O) groups excluding carboxylic acids is 1. The van der Waals surface area contributed by atoms with Crippen molar-refractivity contribution < 1.29 is 14.3 Å². The molecule has 1 aromatic rings. The van der Waals surface area contributed by atoms with Crippen LogP contribution in [0.1, 0.15) is 30.6 Å². The van der Waals surface area contributed by atoms with E-state index in [1.165, 1.54) is 7.11 Å². The van der Waals surface area contributed by atoms with Gasteiger partial charge in [-0.2, -0.15) is 0 Å². The van der Waals surface area contributed by atoms with Crippen LogP contribution >= 0.6 is 0 Å². The summed E-state index contributed by atoms with van der Waals surface area (Å²) in [6.45, 7) is 2.08. The topological polar surface area (TPSA) is 35.5 Å². The molecule has 0 heterocycles. The highest BCUT2D eigenvalue weighted by Gasteiger charge is 2.08. The zero-order valence-electron chi connectivity index (χ0n) is 10.0. The highest BCUT2D eigenvalue weighted by Crippen LogP contribution is 2.20. The average molecular weight is 222 g/mol. The zero-order valence-corrected chi connectivity index (χ0v) is 10.0. The summed E-state index contributed by atoms with van der Waals surface area (Å²) in [6.07, 6.45) is 1.39. The molecule has 3 heteroatoms. The molecule has 1 atom stereocenters. The first kappa shape index (κ1) is 12.7. The second kappa shape index (κ2) is 6.28. The van der Waals surface area contributed by atoms with Gasteiger partial charge < -0.3 is 9.47 Å². The molecule has 16 heavy (non-hydrogen) atoms. The van der Waals surface area contributed by atoms with Gasteiger partial charge in [0.15, 0.2) is 0 Å². The van der Waals surface area contributed by atoms with Gasteiger partial charge >= 0.3 is 5.97 Å². The van der Waals surface area contributed by atoms with Crippen LogP contribution in [0.5, 0.6) is 0 Å². The van der Waals surface area contributed by atoms with Crippen molar-refractivity contribution in [3.63, 3.8) is 0 Å². The van der Waals surface area contributed by atoms with E-state index in [9.17, 15) is 4.79 Å². The molecule has 0 spiro atoms. The first-order valence-electron chi connectivity index (χ1n) is 5.39. The second-order valence-corrected chi connectivity index (χ2v) is 3.63. The Morgan fingerprint density at radius 3 is 2.31 bits per heavy atom. The molecule has 0 unspecified atom stereocenters. The predicted molar refractivity (Wildman–Crippen MR) is 62.2 cm³/mol. The van der Waals surface area contributed by atoms with Gasteiger partial charge in [-0.3, -0.25) is 4.79 Å². The summed E-state index contributed by atoms with van der Waals surface area (Å²) in [7, 11) is 3.10. The fraction of sp³-hybridized carbons (Fsp3) is 0.462. The summed E-state index contributed by atoms with van der Waals surface area (Å²) in [5.41, 5.74) is 2.10. The van der Waals surface area contributed by atoms with Gasteiger partial charge in [-0.25, -0.2) is 0 Å². The number of hydrogen-bond acceptors (Lipinski definition) is 3. The lowest BCUT2D eigenvalue weighted by Gasteiger charge is -2.13. The van der Waals surface area contributed by atoms with Gasteiger partial charge in [-0.1, -0.05) is 31.2 Å². The molecule has 0 N–H and O–H groups in total. The number of benzene rings is 1. The number of methoxy groups -OCH3 is 2. The molecule has 3 nitrogen and oxygen atoms in total. The molecule has 0 saturated carbocycles. The first-order chi connectivity index (χ1) is 7.71. The maximum Gasteiger partial charge on any atom is 0.309 e. The van der Waals surface area contributed by atoms with Crippen LogP contribution in [0.15, 0.2) is 24.3 Å². The van der Waals surface area contributed by atoms with Crippen LogP contribution in [0.25, 0.3) is 0 Å².